The van der Waals surface area contributed by atoms with Crippen LogP contribution < -0.4 is 5.32 Å². The van der Waals surface area contributed by atoms with Gasteiger partial charge in [0.25, 0.3) is 5.91 Å². The molecular formula is C14H11F2NO2. The van der Waals surface area contributed by atoms with E-state index in [0.717, 1.165) is 12.1 Å². The van der Waals surface area contributed by atoms with Crippen molar-refractivity contribution in [3.63, 3.8) is 0 Å². The third-order valence-corrected chi connectivity index (χ3v) is 2.58. The lowest BCUT2D eigenvalue weighted by Crippen LogP contribution is -2.25. The fourth-order valence-corrected chi connectivity index (χ4v) is 1.60. The van der Waals surface area contributed by atoms with E-state index in [9.17, 15) is 13.6 Å². The van der Waals surface area contributed by atoms with Gasteiger partial charge in [-0.15, -0.1) is 0 Å². The fourth-order valence-electron chi connectivity index (χ4n) is 1.60. The van der Waals surface area contributed by atoms with Crippen molar-refractivity contribution in [3.05, 3.63) is 65.2 Å². The zero-order valence-corrected chi connectivity index (χ0v) is 9.86. The highest BCUT2D eigenvalue weighted by atomic mass is 19.1. The average molecular weight is 263 g/mol. The van der Waals surface area contributed by atoms with Crippen molar-refractivity contribution in [1.82, 2.24) is 5.32 Å². The number of phenols is 1. The van der Waals surface area contributed by atoms with E-state index in [-0.39, 0.29) is 12.3 Å². The van der Waals surface area contributed by atoms with E-state index in [0.29, 0.717) is 5.56 Å². The number of hydrogen-bond donors (Lipinski definition) is 2. The number of hydrogen-bond acceptors (Lipinski definition) is 2. The number of nitrogens with one attached hydrogen (secondary N) is 1. The first kappa shape index (κ1) is 13.0. The SMILES string of the molecule is O=C(NCc1ccc(O)cc1)c1c(F)cccc1F. The van der Waals surface area contributed by atoms with Crippen LogP contribution in [0.2, 0.25) is 0 Å². The number of rotatable bonds is 3. The summed E-state index contributed by atoms with van der Waals surface area (Å²) in [5.74, 6) is -2.51. The van der Waals surface area contributed by atoms with Gasteiger partial charge in [-0.2, -0.15) is 0 Å². The van der Waals surface area contributed by atoms with Gasteiger partial charge in [-0.1, -0.05) is 18.2 Å². The van der Waals surface area contributed by atoms with Crippen molar-refractivity contribution >= 4 is 5.91 Å². The standard InChI is InChI=1S/C14H11F2NO2/c15-11-2-1-3-12(16)13(11)14(19)17-8-9-4-6-10(18)7-5-9/h1-7,18H,8H2,(H,17,19). The van der Waals surface area contributed by atoms with Crippen LogP contribution in [0.1, 0.15) is 15.9 Å². The molecule has 5 heteroatoms. The van der Waals surface area contributed by atoms with Gasteiger partial charge in [0, 0.05) is 6.54 Å². The van der Waals surface area contributed by atoms with Crippen LogP contribution in [0.15, 0.2) is 42.5 Å². The highest BCUT2D eigenvalue weighted by Crippen LogP contribution is 2.13. The molecule has 0 bridgehead atoms. The van der Waals surface area contributed by atoms with E-state index >= 15 is 0 Å². The largest absolute Gasteiger partial charge is 0.508 e. The minimum absolute atomic E-state index is 0.107. The molecule has 2 N–H and O–H groups in total. The third kappa shape index (κ3) is 3.07. The summed E-state index contributed by atoms with van der Waals surface area (Å²) in [5, 5.41) is 11.5. The number of halogens is 2. The first-order valence-electron chi connectivity index (χ1n) is 5.58. The number of aromatic hydroxyl groups is 1. The monoisotopic (exact) mass is 263 g/mol. The van der Waals surface area contributed by atoms with Gasteiger partial charge in [0.15, 0.2) is 0 Å². The van der Waals surface area contributed by atoms with Crippen molar-refractivity contribution in [2.75, 3.05) is 0 Å². The molecule has 0 radical (unpaired) electrons. The molecule has 1 amide bonds. The normalized spacial score (nSPS) is 10.2. The molecule has 98 valence electrons. The van der Waals surface area contributed by atoms with Crippen LogP contribution >= 0.6 is 0 Å². The van der Waals surface area contributed by atoms with E-state index in [1.807, 2.05) is 0 Å². The molecule has 0 heterocycles. The predicted octanol–water partition coefficient (Wildman–Crippen LogP) is 2.60. The molecular weight excluding hydrogens is 252 g/mol. The highest BCUT2D eigenvalue weighted by molar-refractivity contribution is 5.94. The van der Waals surface area contributed by atoms with Crippen molar-refractivity contribution in [3.8, 4) is 5.75 Å². The van der Waals surface area contributed by atoms with Crippen LogP contribution in [0, 0.1) is 11.6 Å². The zero-order valence-electron chi connectivity index (χ0n) is 9.86. The lowest BCUT2D eigenvalue weighted by molar-refractivity contribution is 0.0942. The number of carbonyl (C=O) groups is 1. The van der Waals surface area contributed by atoms with E-state index in [4.69, 9.17) is 5.11 Å². The molecule has 0 fully saturated rings. The summed E-state index contributed by atoms with van der Waals surface area (Å²) in [6, 6.07) is 9.38. The maximum Gasteiger partial charge on any atom is 0.257 e. The van der Waals surface area contributed by atoms with E-state index < -0.39 is 23.1 Å². The van der Waals surface area contributed by atoms with Gasteiger partial charge in [0.2, 0.25) is 0 Å². The molecule has 2 aromatic carbocycles. The Bertz CT molecular complexity index is 577. The lowest BCUT2D eigenvalue weighted by atomic mass is 10.1. The van der Waals surface area contributed by atoms with Gasteiger partial charge in [-0.05, 0) is 29.8 Å². The Kier molecular flexibility index (Phi) is 3.75. The van der Waals surface area contributed by atoms with E-state index in [2.05, 4.69) is 5.32 Å². The Labute approximate surface area is 108 Å². The van der Waals surface area contributed by atoms with Gasteiger partial charge < -0.3 is 10.4 Å². The van der Waals surface area contributed by atoms with Crippen molar-refractivity contribution in [2.24, 2.45) is 0 Å². The predicted molar refractivity (Wildman–Crippen MR) is 65.6 cm³/mol. The molecule has 0 saturated carbocycles. The lowest BCUT2D eigenvalue weighted by Gasteiger charge is -2.07. The Morgan fingerprint density at radius 2 is 1.63 bits per heavy atom. The van der Waals surface area contributed by atoms with Crippen molar-refractivity contribution in [2.45, 2.75) is 6.54 Å². The minimum atomic E-state index is -0.900. The van der Waals surface area contributed by atoms with Gasteiger partial charge in [0.1, 0.15) is 22.9 Å². The fraction of sp³-hybridized carbons (Fsp3) is 0.0714. The van der Waals surface area contributed by atoms with Crippen molar-refractivity contribution in [1.29, 1.82) is 0 Å². The summed E-state index contributed by atoms with van der Waals surface area (Å²) in [7, 11) is 0. The molecule has 0 spiro atoms. The maximum atomic E-state index is 13.3. The minimum Gasteiger partial charge on any atom is -0.508 e. The van der Waals surface area contributed by atoms with Crippen molar-refractivity contribution < 1.29 is 18.7 Å². The van der Waals surface area contributed by atoms with Gasteiger partial charge in [0.05, 0.1) is 0 Å². The third-order valence-electron chi connectivity index (χ3n) is 2.58. The van der Waals surface area contributed by atoms with Crippen LogP contribution in [0.3, 0.4) is 0 Å². The first-order chi connectivity index (χ1) is 9.08. The maximum absolute atomic E-state index is 13.3. The van der Waals surface area contributed by atoms with Crippen LogP contribution in [0.25, 0.3) is 0 Å². The molecule has 19 heavy (non-hydrogen) atoms. The molecule has 2 aromatic rings. The van der Waals surface area contributed by atoms with E-state index in [1.165, 1.54) is 18.2 Å². The number of amides is 1. The molecule has 0 aliphatic heterocycles. The Morgan fingerprint density at radius 1 is 1.05 bits per heavy atom. The summed E-state index contributed by atoms with van der Waals surface area (Å²) in [6.45, 7) is 0.118. The second-order valence-electron chi connectivity index (χ2n) is 3.95. The molecule has 0 saturated heterocycles. The second-order valence-corrected chi connectivity index (χ2v) is 3.95. The smallest absolute Gasteiger partial charge is 0.257 e. The van der Waals surface area contributed by atoms with Crippen LogP contribution in [0.4, 0.5) is 8.78 Å². The molecule has 3 nitrogen and oxygen atoms in total. The van der Waals surface area contributed by atoms with Gasteiger partial charge >= 0.3 is 0 Å². The Balaban J connectivity index is 2.07. The topological polar surface area (TPSA) is 49.3 Å². The zero-order chi connectivity index (χ0) is 13.8. The summed E-state index contributed by atoms with van der Waals surface area (Å²) in [4.78, 5) is 11.7. The molecule has 0 aliphatic rings. The van der Waals surface area contributed by atoms with Crippen LogP contribution in [-0.4, -0.2) is 11.0 Å². The van der Waals surface area contributed by atoms with Gasteiger partial charge in [-0.25, -0.2) is 8.78 Å². The van der Waals surface area contributed by atoms with Gasteiger partial charge in [-0.3, -0.25) is 4.79 Å². The Morgan fingerprint density at radius 3 is 2.21 bits per heavy atom. The Hall–Kier alpha value is -2.43. The average Bonchev–Trinajstić information content (AvgIpc) is 2.38. The molecule has 0 aromatic heterocycles. The summed E-state index contributed by atoms with van der Waals surface area (Å²) in [6.07, 6.45) is 0. The summed E-state index contributed by atoms with van der Waals surface area (Å²) in [5.41, 5.74) is 0.115. The second kappa shape index (κ2) is 5.48. The molecule has 0 aliphatic carbocycles. The number of phenolic OH excluding ortho intramolecular Hbond substituents is 1. The number of benzene rings is 2. The van der Waals surface area contributed by atoms with E-state index in [1.54, 1.807) is 12.1 Å². The van der Waals surface area contributed by atoms with Crippen LogP contribution in [0.5, 0.6) is 5.75 Å². The summed E-state index contributed by atoms with van der Waals surface area (Å²) < 4.78 is 26.7. The molecule has 0 atom stereocenters. The highest BCUT2D eigenvalue weighted by Gasteiger charge is 2.16. The quantitative estimate of drug-likeness (QED) is 0.894. The molecule has 2 rings (SSSR count). The number of carbonyl (C=O) groups excluding carboxylic acids is 1. The summed E-state index contributed by atoms with van der Waals surface area (Å²) >= 11 is 0. The molecule has 0 unspecified atom stereocenters. The van der Waals surface area contributed by atoms with Crippen LogP contribution in [-0.2, 0) is 6.54 Å². The first-order valence-corrected chi connectivity index (χ1v) is 5.58.